The number of carbonyl (C=O) groups excluding carboxylic acids is 1. The second-order valence-corrected chi connectivity index (χ2v) is 10.3. The van der Waals surface area contributed by atoms with Crippen LogP contribution in [0.4, 0.5) is 0 Å². The minimum Gasteiger partial charge on any atom is -0.496 e. The molecule has 2 heterocycles. The van der Waals surface area contributed by atoms with Crippen LogP contribution in [0, 0.1) is 19.8 Å². The van der Waals surface area contributed by atoms with Crippen LogP contribution in [0.2, 0.25) is 5.02 Å². The van der Waals surface area contributed by atoms with Gasteiger partial charge >= 0.3 is 0 Å². The van der Waals surface area contributed by atoms with Crippen molar-refractivity contribution in [3.05, 3.63) is 49.9 Å². The Hall–Kier alpha value is -2.71. The molecule has 35 heavy (non-hydrogen) atoms. The molecule has 0 radical (unpaired) electrons. The Morgan fingerprint density at radius 1 is 1.20 bits per heavy atom. The molecule has 2 aromatic rings. The maximum Gasteiger partial charge on any atom is 0.256 e. The lowest BCUT2D eigenvalue weighted by Gasteiger charge is -2.39. The molecule has 0 bridgehead atoms. The van der Waals surface area contributed by atoms with Crippen molar-refractivity contribution in [2.24, 2.45) is 5.92 Å². The van der Waals surface area contributed by atoms with E-state index in [1.54, 1.807) is 19.1 Å². The molecule has 8 nitrogen and oxygen atoms in total. The number of fused-ring (bicyclic) bond motifs is 1. The van der Waals surface area contributed by atoms with Gasteiger partial charge in [-0.2, -0.15) is 0 Å². The molecule has 190 valence electrons. The monoisotopic (exact) mass is 503 g/mol. The van der Waals surface area contributed by atoms with Crippen LogP contribution < -0.4 is 25.1 Å². The number of benzene rings is 1. The SMILES string of the molecule is COc1cc(C)[nH]c(=O)c1CNC(=O)c1cc(Cl)c2c(c1C)OC(C)([C@H]1CC[C@H](N(C)C)CC1)O2. The molecule has 1 aromatic heterocycles. The lowest BCUT2D eigenvalue weighted by molar-refractivity contribution is -0.123. The maximum absolute atomic E-state index is 13.1. The average molecular weight is 504 g/mol. The molecular formula is C26H34ClN3O5. The molecule has 1 fully saturated rings. The van der Waals surface area contributed by atoms with Gasteiger partial charge in [0.15, 0.2) is 11.5 Å². The number of aryl methyl sites for hydroxylation is 1. The van der Waals surface area contributed by atoms with E-state index in [2.05, 4.69) is 29.3 Å². The van der Waals surface area contributed by atoms with E-state index in [-0.39, 0.29) is 23.9 Å². The van der Waals surface area contributed by atoms with Gasteiger partial charge in [-0.3, -0.25) is 9.59 Å². The van der Waals surface area contributed by atoms with Gasteiger partial charge < -0.3 is 29.4 Å². The topological polar surface area (TPSA) is 92.9 Å². The number of ether oxygens (including phenoxy) is 3. The molecule has 9 heteroatoms. The largest absolute Gasteiger partial charge is 0.496 e. The molecule has 1 saturated carbocycles. The number of hydrogen-bond donors (Lipinski definition) is 2. The molecule has 1 aliphatic heterocycles. The van der Waals surface area contributed by atoms with E-state index in [1.807, 2.05) is 13.8 Å². The molecule has 0 saturated heterocycles. The van der Waals surface area contributed by atoms with Crippen LogP contribution in [0.1, 0.15) is 59.8 Å². The highest BCUT2D eigenvalue weighted by Gasteiger charge is 2.47. The summed E-state index contributed by atoms with van der Waals surface area (Å²) in [6.07, 6.45) is 4.14. The third-order valence-electron chi connectivity index (χ3n) is 7.34. The third-order valence-corrected chi connectivity index (χ3v) is 7.62. The zero-order chi connectivity index (χ0) is 25.5. The molecule has 1 amide bonds. The van der Waals surface area contributed by atoms with Crippen LogP contribution in [-0.2, 0) is 6.54 Å². The second kappa shape index (κ2) is 9.74. The number of nitrogens with zero attached hydrogens (tertiary/aromatic N) is 1. The van der Waals surface area contributed by atoms with Crippen LogP contribution >= 0.6 is 11.6 Å². The number of methoxy groups -OCH3 is 1. The zero-order valence-electron chi connectivity index (χ0n) is 21.2. The highest BCUT2D eigenvalue weighted by atomic mass is 35.5. The highest BCUT2D eigenvalue weighted by molar-refractivity contribution is 6.33. The molecule has 1 atom stereocenters. The van der Waals surface area contributed by atoms with Gasteiger partial charge in [-0.15, -0.1) is 0 Å². The predicted molar refractivity (Wildman–Crippen MR) is 135 cm³/mol. The highest BCUT2D eigenvalue weighted by Crippen LogP contribution is 2.51. The molecule has 4 rings (SSSR count). The molecule has 2 N–H and O–H groups in total. The minimum absolute atomic E-state index is 0.00987. The van der Waals surface area contributed by atoms with E-state index in [9.17, 15) is 9.59 Å². The second-order valence-electron chi connectivity index (χ2n) is 9.89. The van der Waals surface area contributed by atoms with Crippen LogP contribution in [-0.4, -0.2) is 48.8 Å². The Morgan fingerprint density at radius 3 is 2.49 bits per heavy atom. The first-order chi connectivity index (χ1) is 16.5. The number of amides is 1. The molecule has 1 aliphatic carbocycles. The lowest BCUT2D eigenvalue weighted by atomic mass is 9.81. The number of halogens is 1. The zero-order valence-corrected chi connectivity index (χ0v) is 22.0. The fourth-order valence-electron chi connectivity index (χ4n) is 5.16. The number of hydrogen-bond acceptors (Lipinski definition) is 6. The van der Waals surface area contributed by atoms with Gasteiger partial charge in [-0.25, -0.2) is 0 Å². The normalized spacial score (nSPS) is 23.4. The van der Waals surface area contributed by atoms with Crippen molar-refractivity contribution in [3.8, 4) is 17.2 Å². The van der Waals surface area contributed by atoms with E-state index in [1.165, 1.54) is 7.11 Å². The maximum atomic E-state index is 13.1. The first-order valence-electron chi connectivity index (χ1n) is 12.0. The molecule has 1 aromatic carbocycles. The van der Waals surface area contributed by atoms with Gasteiger partial charge in [0.2, 0.25) is 0 Å². The summed E-state index contributed by atoms with van der Waals surface area (Å²) in [6.45, 7) is 5.56. The summed E-state index contributed by atoms with van der Waals surface area (Å²) in [4.78, 5) is 30.5. The first kappa shape index (κ1) is 25.4. The van der Waals surface area contributed by atoms with Crippen molar-refractivity contribution >= 4 is 17.5 Å². The van der Waals surface area contributed by atoms with Gasteiger partial charge in [-0.05, 0) is 65.8 Å². The fourth-order valence-corrected chi connectivity index (χ4v) is 5.40. The van der Waals surface area contributed by atoms with E-state index < -0.39 is 5.79 Å². The standard InChI is InChI=1S/C26H34ClN3O5/c1-14-11-21(33-6)19(25(32)29-14)13-28-24(31)18-12-20(27)23-22(15(18)2)34-26(3,35-23)16-7-9-17(10-8-16)30(4)5/h11-12,16-17H,7-10,13H2,1-6H3,(H,28,31)(H,29,32)/t16-,17-,26?. The summed E-state index contributed by atoms with van der Waals surface area (Å²) in [7, 11) is 5.73. The summed E-state index contributed by atoms with van der Waals surface area (Å²) < 4.78 is 18.0. The Morgan fingerprint density at radius 2 is 1.86 bits per heavy atom. The van der Waals surface area contributed by atoms with Gasteiger partial charge in [0.25, 0.3) is 17.3 Å². The Balaban J connectivity index is 1.52. The number of H-pyrrole nitrogens is 1. The summed E-state index contributed by atoms with van der Waals surface area (Å²) in [5, 5.41) is 3.14. The van der Waals surface area contributed by atoms with Crippen molar-refractivity contribution < 1.29 is 19.0 Å². The van der Waals surface area contributed by atoms with Crippen molar-refractivity contribution in [2.45, 2.75) is 64.8 Å². The Kier molecular flexibility index (Phi) is 7.06. The molecule has 1 unspecified atom stereocenters. The van der Waals surface area contributed by atoms with Gasteiger partial charge in [0.1, 0.15) is 5.75 Å². The van der Waals surface area contributed by atoms with Gasteiger partial charge in [-0.1, -0.05) is 11.6 Å². The summed E-state index contributed by atoms with van der Waals surface area (Å²) >= 11 is 6.56. The smallest absolute Gasteiger partial charge is 0.256 e. The van der Waals surface area contributed by atoms with E-state index in [4.69, 9.17) is 25.8 Å². The average Bonchev–Trinajstić information content (AvgIpc) is 3.20. The number of aromatic amines is 1. The Labute approximate surface area is 210 Å². The fraction of sp³-hybridized carbons (Fsp3) is 0.538. The summed E-state index contributed by atoms with van der Waals surface area (Å²) in [6, 6.07) is 3.89. The van der Waals surface area contributed by atoms with Crippen LogP contribution in [0.5, 0.6) is 17.2 Å². The van der Waals surface area contributed by atoms with Crippen molar-refractivity contribution in [2.75, 3.05) is 21.2 Å². The van der Waals surface area contributed by atoms with Crippen LogP contribution in [0.3, 0.4) is 0 Å². The Bertz CT molecular complexity index is 1190. The predicted octanol–water partition coefficient (Wildman–Crippen LogP) is 4.19. The van der Waals surface area contributed by atoms with Crippen LogP contribution in [0.15, 0.2) is 16.9 Å². The number of aromatic nitrogens is 1. The third kappa shape index (κ3) is 4.86. The molecular weight excluding hydrogens is 470 g/mol. The number of carbonyl (C=O) groups is 1. The van der Waals surface area contributed by atoms with Gasteiger partial charge in [0, 0.05) is 35.7 Å². The van der Waals surface area contributed by atoms with E-state index in [0.29, 0.717) is 50.7 Å². The first-order valence-corrected chi connectivity index (χ1v) is 12.3. The van der Waals surface area contributed by atoms with Crippen molar-refractivity contribution in [1.82, 2.24) is 15.2 Å². The lowest BCUT2D eigenvalue weighted by Crippen LogP contribution is -2.46. The molecule has 0 spiro atoms. The minimum atomic E-state index is -0.828. The quantitative estimate of drug-likeness (QED) is 0.614. The van der Waals surface area contributed by atoms with Crippen LogP contribution in [0.25, 0.3) is 0 Å². The summed E-state index contributed by atoms with van der Waals surface area (Å²) in [5.41, 5.74) is 1.75. The number of pyridine rings is 1. The molecule has 2 aliphatic rings. The number of nitrogens with one attached hydrogen (secondary N) is 2. The summed E-state index contributed by atoms with van der Waals surface area (Å²) in [5.74, 6) is 0.440. The van der Waals surface area contributed by atoms with E-state index >= 15 is 0 Å². The van der Waals surface area contributed by atoms with Crippen molar-refractivity contribution in [1.29, 1.82) is 0 Å². The van der Waals surface area contributed by atoms with Gasteiger partial charge in [0.05, 0.1) is 24.2 Å². The van der Waals surface area contributed by atoms with Crippen molar-refractivity contribution in [3.63, 3.8) is 0 Å². The number of rotatable bonds is 6. The van der Waals surface area contributed by atoms with E-state index in [0.717, 1.165) is 25.7 Å².